The van der Waals surface area contributed by atoms with E-state index in [0.29, 0.717) is 22.7 Å². The van der Waals surface area contributed by atoms with E-state index in [1.165, 1.54) is 21.3 Å². The van der Waals surface area contributed by atoms with Gasteiger partial charge in [-0.25, -0.2) is 4.98 Å². The maximum atomic E-state index is 12.8. The second kappa shape index (κ2) is 8.64. The highest BCUT2D eigenvalue weighted by Crippen LogP contribution is 2.31. The van der Waals surface area contributed by atoms with Crippen LogP contribution in [-0.2, 0) is 9.53 Å². The number of nitrogens with one attached hydrogen (secondary N) is 1. The fraction of sp³-hybridized carbons (Fsp3) is 0.286. The van der Waals surface area contributed by atoms with E-state index in [4.69, 9.17) is 14.2 Å². The summed E-state index contributed by atoms with van der Waals surface area (Å²) in [6.45, 7) is 1.96. The van der Waals surface area contributed by atoms with E-state index in [9.17, 15) is 9.59 Å². The molecule has 0 aliphatic rings. The second-order valence-electron chi connectivity index (χ2n) is 6.52. The number of carbonyl (C=O) groups excluding carboxylic acids is 2. The Labute approximate surface area is 168 Å². The normalized spacial score (nSPS) is 11.7. The number of methoxy groups -OCH3 is 3. The molecule has 0 aliphatic carbocycles. The van der Waals surface area contributed by atoms with Crippen molar-refractivity contribution in [1.82, 2.24) is 14.7 Å². The molecule has 0 aliphatic heterocycles. The molecule has 0 unspecified atom stereocenters. The molecule has 0 saturated heterocycles. The Bertz CT molecular complexity index is 1040. The SMILES string of the molecule is COC(=O)C[C@H](NC(=O)c1cn2ccc(C)cc2n1)c1ccc(OC)c(OC)c1. The first-order valence-electron chi connectivity index (χ1n) is 9.00. The minimum absolute atomic E-state index is 0.0375. The summed E-state index contributed by atoms with van der Waals surface area (Å²) < 4.78 is 17.1. The summed E-state index contributed by atoms with van der Waals surface area (Å²) in [5.74, 6) is 0.207. The fourth-order valence-corrected chi connectivity index (χ4v) is 3.00. The van der Waals surface area contributed by atoms with Crippen LogP contribution < -0.4 is 14.8 Å². The molecular weight excluding hydrogens is 374 g/mol. The maximum absolute atomic E-state index is 12.8. The topological polar surface area (TPSA) is 91.2 Å². The summed E-state index contributed by atoms with van der Waals surface area (Å²) >= 11 is 0. The van der Waals surface area contributed by atoms with Crippen molar-refractivity contribution in [2.24, 2.45) is 0 Å². The van der Waals surface area contributed by atoms with Crippen LogP contribution in [0.4, 0.5) is 0 Å². The standard InChI is InChI=1S/C21H23N3O5/c1-13-7-8-24-12-16(22-19(24)9-13)21(26)23-15(11-20(25)29-4)14-5-6-17(27-2)18(10-14)28-3/h5-10,12,15H,11H2,1-4H3,(H,23,26)/t15-/m0/s1. The number of amides is 1. The van der Waals surface area contributed by atoms with E-state index in [1.807, 2.05) is 25.3 Å². The van der Waals surface area contributed by atoms with Gasteiger partial charge in [0.2, 0.25) is 0 Å². The van der Waals surface area contributed by atoms with Crippen LogP contribution in [0.2, 0.25) is 0 Å². The summed E-state index contributed by atoms with van der Waals surface area (Å²) in [7, 11) is 4.37. The number of imidazole rings is 1. The fourth-order valence-electron chi connectivity index (χ4n) is 3.00. The molecule has 29 heavy (non-hydrogen) atoms. The molecule has 152 valence electrons. The van der Waals surface area contributed by atoms with Gasteiger partial charge in [-0.3, -0.25) is 9.59 Å². The lowest BCUT2D eigenvalue weighted by atomic mass is 10.0. The smallest absolute Gasteiger partial charge is 0.307 e. The number of esters is 1. The molecule has 0 spiro atoms. The minimum atomic E-state index is -0.624. The molecule has 0 radical (unpaired) electrons. The van der Waals surface area contributed by atoms with Crippen molar-refractivity contribution >= 4 is 17.5 Å². The number of fused-ring (bicyclic) bond motifs is 1. The Morgan fingerprint density at radius 1 is 1.10 bits per heavy atom. The summed E-state index contributed by atoms with van der Waals surface area (Å²) in [4.78, 5) is 29.1. The zero-order valence-corrected chi connectivity index (χ0v) is 16.8. The van der Waals surface area contributed by atoms with Gasteiger partial charge in [-0.05, 0) is 42.3 Å². The van der Waals surface area contributed by atoms with E-state index in [0.717, 1.165) is 5.56 Å². The Morgan fingerprint density at radius 3 is 2.55 bits per heavy atom. The van der Waals surface area contributed by atoms with Crippen molar-refractivity contribution in [2.45, 2.75) is 19.4 Å². The van der Waals surface area contributed by atoms with Crippen LogP contribution in [0, 0.1) is 6.92 Å². The van der Waals surface area contributed by atoms with Gasteiger partial charge in [-0.15, -0.1) is 0 Å². The van der Waals surface area contributed by atoms with Crippen molar-refractivity contribution in [2.75, 3.05) is 21.3 Å². The van der Waals surface area contributed by atoms with Gasteiger partial charge >= 0.3 is 5.97 Å². The van der Waals surface area contributed by atoms with Gasteiger partial charge in [0.1, 0.15) is 11.3 Å². The molecule has 0 saturated carbocycles. The maximum Gasteiger partial charge on any atom is 0.307 e. The zero-order chi connectivity index (χ0) is 21.0. The molecule has 8 heteroatoms. The Balaban J connectivity index is 1.90. The molecular formula is C21H23N3O5. The Hall–Kier alpha value is -3.55. The molecule has 2 heterocycles. The molecule has 3 aromatic rings. The number of aromatic nitrogens is 2. The number of hydrogen-bond acceptors (Lipinski definition) is 6. The largest absolute Gasteiger partial charge is 0.493 e. The lowest BCUT2D eigenvalue weighted by Gasteiger charge is -2.19. The number of ether oxygens (including phenoxy) is 3. The number of rotatable bonds is 7. The van der Waals surface area contributed by atoms with Gasteiger partial charge < -0.3 is 23.9 Å². The summed E-state index contributed by atoms with van der Waals surface area (Å²) in [6, 6.07) is 8.40. The van der Waals surface area contributed by atoms with E-state index < -0.39 is 17.9 Å². The Morgan fingerprint density at radius 2 is 1.86 bits per heavy atom. The minimum Gasteiger partial charge on any atom is -0.493 e. The van der Waals surface area contributed by atoms with Crippen LogP contribution in [-0.4, -0.2) is 42.6 Å². The molecule has 1 N–H and O–H groups in total. The molecule has 2 aromatic heterocycles. The zero-order valence-electron chi connectivity index (χ0n) is 16.8. The first-order valence-corrected chi connectivity index (χ1v) is 9.00. The molecule has 1 amide bonds. The predicted octanol–water partition coefficient (Wildman–Crippen LogP) is 2.69. The van der Waals surface area contributed by atoms with Crippen molar-refractivity contribution < 1.29 is 23.8 Å². The van der Waals surface area contributed by atoms with Gasteiger partial charge in [0.15, 0.2) is 11.5 Å². The van der Waals surface area contributed by atoms with E-state index in [2.05, 4.69) is 10.3 Å². The Kier molecular flexibility index (Phi) is 6.01. The van der Waals surface area contributed by atoms with Gasteiger partial charge in [0.25, 0.3) is 5.91 Å². The van der Waals surface area contributed by atoms with E-state index in [-0.39, 0.29) is 12.1 Å². The van der Waals surface area contributed by atoms with Gasteiger partial charge in [0, 0.05) is 12.4 Å². The molecule has 0 bridgehead atoms. The molecule has 3 rings (SSSR count). The monoisotopic (exact) mass is 397 g/mol. The summed E-state index contributed by atoms with van der Waals surface area (Å²) in [6.07, 6.45) is 3.45. The highest BCUT2D eigenvalue weighted by Gasteiger charge is 2.22. The number of pyridine rings is 1. The summed E-state index contributed by atoms with van der Waals surface area (Å²) in [5.41, 5.74) is 2.65. The lowest BCUT2D eigenvalue weighted by Crippen LogP contribution is -2.30. The molecule has 1 aromatic carbocycles. The van der Waals surface area contributed by atoms with Crippen LogP contribution in [0.15, 0.2) is 42.7 Å². The van der Waals surface area contributed by atoms with Gasteiger partial charge in [0.05, 0.1) is 33.8 Å². The predicted molar refractivity (Wildman–Crippen MR) is 106 cm³/mol. The molecule has 1 atom stereocenters. The molecule has 0 fully saturated rings. The van der Waals surface area contributed by atoms with Crippen molar-refractivity contribution in [3.8, 4) is 11.5 Å². The third kappa shape index (κ3) is 4.48. The van der Waals surface area contributed by atoms with E-state index >= 15 is 0 Å². The molecule has 8 nitrogen and oxygen atoms in total. The lowest BCUT2D eigenvalue weighted by molar-refractivity contribution is -0.141. The number of benzene rings is 1. The van der Waals surface area contributed by atoms with Gasteiger partial charge in [-0.2, -0.15) is 0 Å². The quantitative estimate of drug-likeness (QED) is 0.617. The van der Waals surface area contributed by atoms with Crippen LogP contribution >= 0.6 is 0 Å². The van der Waals surface area contributed by atoms with Crippen molar-refractivity contribution in [3.63, 3.8) is 0 Å². The number of nitrogens with zero attached hydrogens (tertiary/aromatic N) is 2. The average Bonchev–Trinajstić information content (AvgIpc) is 3.15. The van der Waals surface area contributed by atoms with Crippen molar-refractivity contribution in [1.29, 1.82) is 0 Å². The first-order chi connectivity index (χ1) is 13.9. The van der Waals surface area contributed by atoms with Crippen LogP contribution in [0.25, 0.3) is 5.65 Å². The second-order valence-corrected chi connectivity index (χ2v) is 6.52. The number of hydrogen-bond donors (Lipinski definition) is 1. The van der Waals surface area contributed by atoms with Crippen LogP contribution in [0.5, 0.6) is 11.5 Å². The van der Waals surface area contributed by atoms with Gasteiger partial charge in [-0.1, -0.05) is 6.07 Å². The van der Waals surface area contributed by atoms with Crippen molar-refractivity contribution in [3.05, 3.63) is 59.5 Å². The summed E-state index contributed by atoms with van der Waals surface area (Å²) in [5, 5.41) is 2.87. The third-order valence-corrected chi connectivity index (χ3v) is 4.56. The van der Waals surface area contributed by atoms with Crippen LogP contribution in [0.1, 0.15) is 34.1 Å². The third-order valence-electron chi connectivity index (χ3n) is 4.56. The number of carbonyl (C=O) groups is 2. The van der Waals surface area contributed by atoms with Crippen LogP contribution in [0.3, 0.4) is 0 Å². The highest BCUT2D eigenvalue weighted by atomic mass is 16.5. The highest BCUT2D eigenvalue weighted by molar-refractivity contribution is 5.93. The first kappa shape index (κ1) is 20.2. The average molecular weight is 397 g/mol. The van der Waals surface area contributed by atoms with E-state index in [1.54, 1.807) is 28.8 Å². The number of aryl methyl sites for hydroxylation is 1.